The van der Waals surface area contributed by atoms with Gasteiger partial charge < -0.3 is 10.2 Å². The molecule has 1 saturated heterocycles. The van der Waals surface area contributed by atoms with Gasteiger partial charge in [-0.1, -0.05) is 36.7 Å². The van der Waals surface area contributed by atoms with Crippen LogP contribution in [0.5, 0.6) is 0 Å². The van der Waals surface area contributed by atoms with Crippen LogP contribution in [0.3, 0.4) is 0 Å². The van der Waals surface area contributed by atoms with Gasteiger partial charge in [-0.05, 0) is 24.8 Å². The SMILES string of the molecule is O=C(C[C@@H]1CCC(=O)N1Cc1cccc(F)c1F)N[C@@H](CC1CC1)C(=O)SCCC(F)(F)F. The van der Waals surface area contributed by atoms with Gasteiger partial charge in [-0.3, -0.25) is 14.4 Å². The van der Waals surface area contributed by atoms with Crippen LogP contribution in [0.15, 0.2) is 18.2 Å². The molecule has 1 saturated carbocycles. The minimum absolute atomic E-state index is 0.00138. The first-order valence-electron chi connectivity index (χ1n) is 10.8. The van der Waals surface area contributed by atoms with Gasteiger partial charge in [-0.25, -0.2) is 8.78 Å². The largest absolute Gasteiger partial charge is 0.389 e. The van der Waals surface area contributed by atoms with E-state index >= 15 is 0 Å². The number of hydrogen-bond acceptors (Lipinski definition) is 4. The second-order valence-electron chi connectivity index (χ2n) is 8.46. The van der Waals surface area contributed by atoms with Crippen molar-refractivity contribution in [2.24, 2.45) is 5.92 Å². The van der Waals surface area contributed by atoms with Gasteiger partial charge >= 0.3 is 6.18 Å². The van der Waals surface area contributed by atoms with E-state index in [-0.39, 0.29) is 36.8 Å². The first kappa shape index (κ1) is 25.5. The molecule has 3 rings (SSSR count). The Morgan fingerprint density at radius 3 is 2.58 bits per heavy atom. The quantitative estimate of drug-likeness (QED) is 0.494. The number of nitrogens with one attached hydrogen (secondary N) is 1. The molecular formula is C22H25F5N2O3S. The van der Waals surface area contributed by atoms with Gasteiger partial charge in [0.25, 0.3) is 0 Å². The van der Waals surface area contributed by atoms with Crippen LogP contribution in [0, 0.1) is 17.6 Å². The molecule has 2 atom stereocenters. The van der Waals surface area contributed by atoms with Crippen molar-refractivity contribution in [2.45, 2.75) is 69.8 Å². The Morgan fingerprint density at radius 2 is 1.91 bits per heavy atom. The molecule has 2 amide bonds. The molecule has 1 aliphatic heterocycles. The Morgan fingerprint density at radius 1 is 1.18 bits per heavy atom. The zero-order valence-corrected chi connectivity index (χ0v) is 18.6. The van der Waals surface area contributed by atoms with Gasteiger partial charge in [0, 0.05) is 36.7 Å². The second-order valence-corrected chi connectivity index (χ2v) is 9.56. The van der Waals surface area contributed by atoms with Crippen molar-refractivity contribution in [1.82, 2.24) is 10.2 Å². The van der Waals surface area contributed by atoms with E-state index in [2.05, 4.69) is 5.32 Å². The van der Waals surface area contributed by atoms with Crippen LogP contribution in [-0.4, -0.2) is 45.8 Å². The molecule has 0 spiro atoms. The summed E-state index contributed by atoms with van der Waals surface area (Å²) in [6.45, 7) is -0.182. The van der Waals surface area contributed by atoms with E-state index in [0.29, 0.717) is 24.6 Å². The van der Waals surface area contributed by atoms with Crippen molar-refractivity contribution in [3.05, 3.63) is 35.4 Å². The molecule has 2 aliphatic rings. The summed E-state index contributed by atoms with van der Waals surface area (Å²) in [4.78, 5) is 38.7. The third-order valence-electron chi connectivity index (χ3n) is 5.76. The molecule has 5 nitrogen and oxygen atoms in total. The molecule has 33 heavy (non-hydrogen) atoms. The predicted molar refractivity (Wildman–Crippen MR) is 112 cm³/mol. The Bertz CT molecular complexity index is 891. The van der Waals surface area contributed by atoms with Gasteiger partial charge in [-0.2, -0.15) is 13.2 Å². The van der Waals surface area contributed by atoms with Crippen LogP contribution < -0.4 is 5.32 Å². The molecule has 1 aromatic carbocycles. The summed E-state index contributed by atoms with van der Waals surface area (Å²) in [7, 11) is 0. The van der Waals surface area contributed by atoms with Crippen LogP contribution in [0.25, 0.3) is 0 Å². The summed E-state index contributed by atoms with van der Waals surface area (Å²) < 4.78 is 64.6. The van der Waals surface area contributed by atoms with E-state index in [4.69, 9.17) is 0 Å². The molecule has 182 valence electrons. The number of hydrogen-bond donors (Lipinski definition) is 1. The lowest BCUT2D eigenvalue weighted by atomic mass is 10.1. The average molecular weight is 493 g/mol. The van der Waals surface area contributed by atoms with E-state index in [9.17, 15) is 36.3 Å². The number of amides is 2. The number of nitrogens with zero attached hydrogens (tertiary/aromatic N) is 1. The maximum atomic E-state index is 14.0. The molecule has 0 unspecified atom stereocenters. The van der Waals surface area contributed by atoms with Gasteiger partial charge in [0.15, 0.2) is 11.6 Å². The highest BCUT2D eigenvalue weighted by Gasteiger charge is 2.36. The number of thioether (sulfide) groups is 1. The Balaban J connectivity index is 1.58. The maximum absolute atomic E-state index is 14.0. The predicted octanol–water partition coefficient (Wildman–Crippen LogP) is 4.34. The molecule has 0 bridgehead atoms. The number of benzene rings is 1. The van der Waals surface area contributed by atoms with E-state index in [1.165, 1.54) is 17.0 Å². The smallest absolute Gasteiger partial charge is 0.345 e. The minimum Gasteiger partial charge on any atom is -0.345 e. The molecule has 1 heterocycles. The van der Waals surface area contributed by atoms with Crippen molar-refractivity contribution >= 4 is 28.7 Å². The molecule has 0 radical (unpaired) electrons. The van der Waals surface area contributed by atoms with Crippen molar-refractivity contribution in [2.75, 3.05) is 5.75 Å². The van der Waals surface area contributed by atoms with E-state index in [1.807, 2.05) is 0 Å². The van der Waals surface area contributed by atoms with Crippen LogP contribution >= 0.6 is 11.8 Å². The summed E-state index contributed by atoms with van der Waals surface area (Å²) in [6, 6.07) is 2.23. The summed E-state index contributed by atoms with van der Waals surface area (Å²) in [6.07, 6.45) is -2.91. The Kier molecular flexibility index (Phi) is 8.36. The fourth-order valence-corrected chi connectivity index (χ4v) is 4.70. The number of carbonyl (C=O) groups excluding carboxylic acids is 3. The fourth-order valence-electron chi connectivity index (χ4n) is 3.81. The highest BCUT2D eigenvalue weighted by Crippen LogP contribution is 2.35. The van der Waals surface area contributed by atoms with Crippen molar-refractivity contribution < 1.29 is 36.3 Å². The summed E-state index contributed by atoms with van der Waals surface area (Å²) in [5.41, 5.74) is -0.00138. The first-order chi connectivity index (χ1) is 15.5. The van der Waals surface area contributed by atoms with Crippen molar-refractivity contribution in [1.29, 1.82) is 0 Å². The Labute approximate surface area is 192 Å². The van der Waals surface area contributed by atoms with E-state index < -0.39 is 53.1 Å². The first-order valence-corrected chi connectivity index (χ1v) is 11.8. The molecule has 0 aromatic heterocycles. The fraction of sp³-hybridized carbons (Fsp3) is 0.591. The zero-order valence-electron chi connectivity index (χ0n) is 17.8. The topological polar surface area (TPSA) is 66.5 Å². The molecule has 1 N–H and O–H groups in total. The summed E-state index contributed by atoms with van der Waals surface area (Å²) >= 11 is 0.556. The maximum Gasteiger partial charge on any atom is 0.389 e. The monoisotopic (exact) mass is 492 g/mol. The third-order valence-corrected chi connectivity index (χ3v) is 6.74. The van der Waals surface area contributed by atoms with Gasteiger partial charge in [0.05, 0.1) is 12.5 Å². The Hall–Kier alpha value is -2.17. The molecule has 1 aliphatic carbocycles. The minimum atomic E-state index is -4.36. The van der Waals surface area contributed by atoms with Crippen LogP contribution in [0.2, 0.25) is 0 Å². The summed E-state index contributed by atoms with van der Waals surface area (Å²) in [5.74, 6) is -3.03. The molecular weight excluding hydrogens is 467 g/mol. The zero-order chi connectivity index (χ0) is 24.2. The van der Waals surface area contributed by atoms with Crippen LogP contribution in [0.1, 0.15) is 50.5 Å². The molecule has 2 fully saturated rings. The number of halogens is 5. The number of likely N-dealkylation sites (tertiary alicyclic amines) is 1. The number of rotatable bonds is 10. The summed E-state index contributed by atoms with van der Waals surface area (Å²) in [5, 5.41) is 2.11. The standard InChI is InChI=1S/C22H25F5N2O3S/c23-16-3-1-2-14(20(16)24)12-29-15(6-7-19(29)31)11-18(30)28-17(10-13-4-5-13)21(32)33-9-8-22(25,26)27/h1-3,13,15,17H,4-12H2,(H,28,30)/t15-,17-/m0/s1. The third kappa shape index (κ3) is 7.68. The van der Waals surface area contributed by atoms with Crippen molar-refractivity contribution in [3.63, 3.8) is 0 Å². The lowest BCUT2D eigenvalue weighted by Gasteiger charge is -2.26. The number of carbonyl (C=O) groups is 3. The van der Waals surface area contributed by atoms with Gasteiger partial charge in [0.2, 0.25) is 16.9 Å². The normalized spacial score (nSPS) is 19.6. The molecule has 1 aromatic rings. The van der Waals surface area contributed by atoms with Crippen molar-refractivity contribution in [3.8, 4) is 0 Å². The lowest BCUT2D eigenvalue weighted by Crippen LogP contribution is -2.43. The lowest BCUT2D eigenvalue weighted by molar-refractivity contribution is -0.132. The van der Waals surface area contributed by atoms with Gasteiger partial charge in [-0.15, -0.1) is 0 Å². The number of alkyl halides is 3. The van der Waals surface area contributed by atoms with Crippen LogP contribution in [0.4, 0.5) is 22.0 Å². The highest BCUT2D eigenvalue weighted by atomic mass is 32.2. The van der Waals surface area contributed by atoms with E-state index in [0.717, 1.165) is 18.9 Å². The second kappa shape index (κ2) is 10.8. The highest BCUT2D eigenvalue weighted by molar-refractivity contribution is 8.13. The molecule has 11 heteroatoms. The van der Waals surface area contributed by atoms with E-state index in [1.54, 1.807) is 0 Å². The van der Waals surface area contributed by atoms with Crippen LogP contribution in [-0.2, 0) is 20.9 Å². The van der Waals surface area contributed by atoms with Gasteiger partial charge in [0.1, 0.15) is 0 Å². The average Bonchev–Trinajstić information content (AvgIpc) is 3.48.